The van der Waals surface area contributed by atoms with E-state index in [4.69, 9.17) is 4.74 Å². The zero-order valence-corrected chi connectivity index (χ0v) is 21.2. The van der Waals surface area contributed by atoms with Crippen LogP contribution in [-0.2, 0) is 24.3 Å². The Balaban J connectivity index is 1.47. The maximum absolute atomic E-state index is 12.8. The molecular weight excluding hydrogens is 484 g/mol. The molecule has 0 saturated carbocycles. The molecule has 0 unspecified atom stereocenters. The Labute approximate surface area is 210 Å². The summed E-state index contributed by atoms with van der Waals surface area (Å²) in [5.74, 6) is -0.642. The molecule has 0 bridgehead atoms. The highest BCUT2D eigenvalue weighted by molar-refractivity contribution is 7.92. The van der Waals surface area contributed by atoms with E-state index in [0.29, 0.717) is 50.5 Å². The lowest BCUT2D eigenvalue weighted by atomic mass is 10.1. The van der Waals surface area contributed by atoms with E-state index in [0.717, 1.165) is 28.2 Å². The largest absolute Gasteiger partial charge is 0.378 e. The molecule has 192 valence electrons. The number of ether oxygens (including phenoxy) is 1. The number of morpholine rings is 1. The Kier molecular flexibility index (Phi) is 7.60. The van der Waals surface area contributed by atoms with Crippen LogP contribution in [0.2, 0.25) is 0 Å². The van der Waals surface area contributed by atoms with Crippen LogP contribution in [0.15, 0.2) is 42.5 Å². The minimum atomic E-state index is -3.79. The van der Waals surface area contributed by atoms with Gasteiger partial charge in [0.15, 0.2) is 0 Å². The van der Waals surface area contributed by atoms with Crippen molar-refractivity contribution >= 4 is 44.8 Å². The summed E-state index contributed by atoms with van der Waals surface area (Å²) in [7, 11) is -3.79. The standard InChI is InChI=1S/C25H30N4O6S/c1-18-5-8-20(16-22(18)28-11-3-4-24(28)31)26-23(30)17-29(36(2,33)34)21-9-6-19(7-10-21)25(32)27-12-14-35-15-13-27/h5-10,16H,3-4,11-15,17H2,1-2H3,(H,26,30). The third-order valence-corrected chi connectivity index (χ3v) is 7.39. The van der Waals surface area contributed by atoms with Crippen LogP contribution in [-0.4, -0.2) is 76.7 Å². The van der Waals surface area contributed by atoms with Gasteiger partial charge in [-0.2, -0.15) is 0 Å². The highest BCUT2D eigenvalue weighted by Crippen LogP contribution is 2.28. The lowest BCUT2D eigenvalue weighted by Crippen LogP contribution is -2.40. The molecule has 0 aromatic heterocycles. The molecule has 2 fully saturated rings. The van der Waals surface area contributed by atoms with Crippen molar-refractivity contribution < 1.29 is 27.5 Å². The van der Waals surface area contributed by atoms with Crippen LogP contribution in [0.4, 0.5) is 17.1 Å². The quantitative estimate of drug-likeness (QED) is 0.604. The molecule has 2 saturated heterocycles. The summed E-state index contributed by atoms with van der Waals surface area (Å²) in [5, 5.41) is 2.74. The fourth-order valence-corrected chi connectivity index (χ4v) is 5.19. The normalized spacial score (nSPS) is 16.2. The van der Waals surface area contributed by atoms with Crippen LogP contribution in [0, 0.1) is 6.92 Å². The van der Waals surface area contributed by atoms with Crippen LogP contribution in [0.3, 0.4) is 0 Å². The van der Waals surface area contributed by atoms with E-state index in [1.165, 1.54) is 12.1 Å². The van der Waals surface area contributed by atoms with E-state index < -0.39 is 22.5 Å². The zero-order chi connectivity index (χ0) is 25.9. The molecule has 2 aromatic rings. The van der Waals surface area contributed by atoms with Crippen LogP contribution < -0.4 is 14.5 Å². The summed E-state index contributed by atoms with van der Waals surface area (Å²) in [6.45, 7) is 4.05. The maximum atomic E-state index is 12.8. The first-order valence-corrected chi connectivity index (χ1v) is 13.6. The molecule has 0 spiro atoms. The van der Waals surface area contributed by atoms with Gasteiger partial charge in [0.2, 0.25) is 21.8 Å². The third-order valence-electron chi connectivity index (χ3n) is 6.25. The topological polar surface area (TPSA) is 116 Å². The van der Waals surface area contributed by atoms with Gasteiger partial charge in [-0.25, -0.2) is 8.42 Å². The summed E-state index contributed by atoms with van der Waals surface area (Å²) in [5.41, 5.74) is 2.82. The molecule has 2 aliphatic heterocycles. The van der Waals surface area contributed by atoms with Crippen molar-refractivity contribution in [1.29, 1.82) is 0 Å². The van der Waals surface area contributed by atoms with E-state index in [1.54, 1.807) is 34.1 Å². The Morgan fingerprint density at radius 2 is 1.75 bits per heavy atom. The van der Waals surface area contributed by atoms with E-state index >= 15 is 0 Å². The van der Waals surface area contributed by atoms with Gasteiger partial charge in [-0.15, -0.1) is 0 Å². The number of amides is 3. The predicted octanol–water partition coefficient (Wildman–Crippen LogP) is 2.00. The molecule has 3 amide bonds. The molecular formula is C25H30N4O6S. The van der Waals surface area contributed by atoms with Crippen LogP contribution in [0.25, 0.3) is 0 Å². The molecule has 0 atom stereocenters. The van der Waals surface area contributed by atoms with Gasteiger partial charge in [0.05, 0.1) is 25.2 Å². The number of sulfonamides is 1. The molecule has 4 rings (SSSR count). The minimum Gasteiger partial charge on any atom is -0.378 e. The molecule has 0 aliphatic carbocycles. The number of benzene rings is 2. The Bertz CT molecular complexity index is 1260. The van der Waals surface area contributed by atoms with Crippen molar-refractivity contribution in [2.75, 3.05) is 60.2 Å². The van der Waals surface area contributed by atoms with Crippen molar-refractivity contribution in [2.24, 2.45) is 0 Å². The summed E-state index contributed by atoms with van der Waals surface area (Å²) < 4.78 is 31.3. The van der Waals surface area contributed by atoms with E-state index in [2.05, 4.69) is 5.32 Å². The number of hydrogen-bond donors (Lipinski definition) is 1. The molecule has 10 nitrogen and oxygen atoms in total. The van der Waals surface area contributed by atoms with E-state index in [9.17, 15) is 22.8 Å². The number of rotatable bonds is 7. The van der Waals surface area contributed by atoms with Crippen molar-refractivity contribution in [3.8, 4) is 0 Å². The molecule has 36 heavy (non-hydrogen) atoms. The Morgan fingerprint density at radius 3 is 2.36 bits per heavy atom. The average Bonchev–Trinajstić information content (AvgIpc) is 3.29. The van der Waals surface area contributed by atoms with Crippen LogP contribution >= 0.6 is 0 Å². The highest BCUT2D eigenvalue weighted by Gasteiger charge is 2.25. The monoisotopic (exact) mass is 514 g/mol. The molecule has 2 heterocycles. The van der Waals surface area contributed by atoms with Crippen molar-refractivity contribution in [2.45, 2.75) is 19.8 Å². The number of nitrogens with zero attached hydrogens (tertiary/aromatic N) is 3. The number of aryl methyl sites for hydroxylation is 1. The molecule has 11 heteroatoms. The lowest BCUT2D eigenvalue weighted by molar-refractivity contribution is -0.117. The Hall–Kier alpha value is -3.44. The second-order valence-electron chi connectivity index (χ2n) is 8.92. The second-order valence-corrected chi connectivity index (χ2v) is 10.8. The van der Waals surface area contributed by atoms with E-state index in [-0.39, 0.29) is 17.5 Å². The average molecular weight is 515 g/mol. The first-order valence-electron chi connectivity index (χ1n) is 11.8. The van der Waals surface area contributed by atoms with E-state index in [1.807, 2.05) is 13.0 Å². The lowest BCUT2D eigenvalue weighted by Gasteiger charge is -2.27. The number of carbonyl (C=O) groups is 3. The van der Waals surface area contributed by atoms with Crippen molar-refractivity contribution in [3.63, 3.8) is 0 Å². The van der Waals surface area contributed by atoms with Gasteiger partial charge in [0.1, 0.15) is 6.54 Å². The maximum Gasteiger partial charge on any atom is 0.254 e. The predicted molar refractivity (Wildman–Crippen MR) is 137 cm³/mol. The van der Waals surface area contributed by atoms with Crippen molar-refractivity contribution in [3.05, 3.63) is 53.6 Å². The number of nitrogens with one attached hydrogen (secondary N) is 1. The molecule has 2 aliphatic rings. The second kappa shape index (κ2) is 10.7. The summed E-state index contributed by atoms with van der Waals surface area (Å²) >= 11 is 0. The van der Waals surface area contributed by atoms with Gasteiger partial charge >= 0.3 is 0 Å². The van der Waals surface area contributed by atoms with Crippen LogP contribution in [0.5, 0.6) is 0 Å². The summed E-state index contributed by atoms with van der Waals surface area (Å²) in [6, 6.07) is 11.4. The van der Waals surface area contributed by atoms with Gasteiger partial charge in [0, 0.05) is 43.0 Å². The van der Waals surface area contributed by atoms with Crippen molar-refractivity contribution in [1.82, 2.24) is 4.90 Å². The SMILES string of the molecule is Cc1ccc(NC(=O)CN(c2ccc(C(=O)N3CCOCC3)cc2)S(C)(=O)=O)cc1N1CCCC1=O. The van der Waals surface area contributed by atoms with Gasteiger partial charge < -0.3 is 19.9 Å². The third kappa shape index (κ3) is 5.85. The summed E-state index contributed by atoms with van der Waals surface area (Å²) in [4.78, 5) is 41.1. The first kappa shape index (κ1) is 25.6. The number of carbonyl (C=O) groups excluding carboxylic acids is 3. The smallest absolute Gasteiger partial charge is 0.254 e. The van der Waals surface area contributed by atoms with Gasteiger partial charge in [-0.3, -0.25) is 18.7 Å². The van der Waals surface area contributed by atoms with Gasteiger partial charge in [0.25, 0.3) is 5.91 Å². The van der Waals surface area contributed by atoms with Gasteiger partial charge in [-0.05, 0) is 55.3 Å². The zero-order valence-electron chi connectivity index (χ0n) is 20.4. The molecule has 2 aromatic carbocycles. The minimum absolute atomic E-state index is 0.0420. The fourth-order valence-electron chi connectivity index (χ4n) is 4.33. The van der Waals surface area contributed by atoms with Crippen LogP contribution in [0.1, 0.15) is 28.8 Å². The first-order chi connectivity index (χ1) is 17.1. The fraction of sp³-hybridized carbons (Fsp3) is 0.400. The highest BCUT2D eigenvalue weighted by atomic mass is 32.2. The Morgan fingerprint density at radius 1 is 1.06 bits per heavy atom. The number of hydrogen-bond acceptors (Lipinski definition) is 6. The molecule has 0 radical (unpaired) electrons. The number of anilines is 3. The summed E-state index contributed by atoms with van der Waals surface area (Å²) in [6.07, 6.45) is 2.31. The molecule has 1 N–H and O–H groups in total. The van der Waals surface area contributed by atoms with Gasteiger partial charge in [-0.1, -0.05) is 6.07 Å².